The fraction of sp³-hybridized carbons (Fsp3) is 1.00. The number of fused-ring (bicyclic) bond motifs is 1. The monoisotopic (exact) mass is 258 g/mol. The van der Waals surface area contributed by atoms with Crippen LogP contribution in [0, 0.1) is 17.8 Å². The van der Waals surface area contributed by atoms with Gasteiger partial charge in [-0.2, -0.15) is 0 Å². The zero-order chi connectivity index (χ0) is 13.0. The largest absolute Gasteiger partial charge is 0.396 e. The molecule has 2 aliphatic rings. The Kier molecular flexibility index (Phi) is 5.01. The predicted octanol–water partition coefficient (Wildman–Crippen LogP) is 2.16. The second-order valence-electron chi connectivity index (χ2n) is 5.50. The molecule has 2 fully saturated rings. The van der Waals surface area contributed by atoms with Gasteiger partial charge in [0.05, 0.1) is 6.61 Å². The van der Waals surface area contributed by atoms with Crippen molar-refractivity contribution in [1.82, 2.24) is 0 Å². The molecular formula is C14H26O4. The summed E-state index contributed by atoms with van der Waals surface area (Å²) in [4.78, 5) is 0. The summed E-state index contributed by atoms with van der Waals surface area (Å²) in [6, 6.07) is 0. The Morgan fingerprint density at radius 1 is 1.22 bits per heavy atom. The van der Waals surface area contributed by atoms with Crippen LogP contribution < -0.4 is 0 Å². The van der Waals surface area contributed by atoms with E-state index >= 15 is 0 Å². The van der Waals surface area contributed by atoms with Crippen LogP contribution in [0.2, 0.25) is 0 Å². The van der Waals surface area contributed by atoms with Gasteiger partial charge in [-0.25, -0.2) is 0 Å². The number of aliphatic hydroxyl groups excluding tert-OH is 1. The van der Waals surface area contributed by atoms with Gasteiger partial charge < -0.3 is 19.3 Å². The van der Waals surface area contributed by atoms with Crippen LogP contribution in [0.5, 0.6) is 0 Å². The molecule has 1 aliphatic carbocycles. The van der Waals surface area contributed by atoms with E-state index in [1.165, 1.54) is 25.7 Å². The van der Waals surface area contributed by atoms with Crippen LogP contribution in [0.4, 0.5) is 0 Å². The van der Waals surface area contributed by atoms with Gasteiger partial charge in [0.1, 0.15) is 0 Å². The molecular weight excluding hydrogens is 232 g/mol. The van der Waals surface area contributed by atoms with E-state index in [1.54, 1.807) is 14.2 Å². The van der Waals surface area contributed by atoms with E-state index in [0.717, 1.165) is 19.4 Å². The average Bonchev–Trinajstić information content (AvgIpc) is 2.44. The van der Waals surface area contributed by atoms with E-state index in [-0.39, 0.29) is 12.5 Å². The summed E-state index contributed by atoms with van der Waals surface area (Å²) in [7, 11) is 3.30. The first kappa shape index (κ1) is 14.3. The molecule has 0 unspecified atom stereocenters. The lowest BCUT2D eigenvalue weighted by atomic mass is 9.69. The Morgan fingerprint density at radius 3 is 2.61 bits per heavy atom. The van der Waals surface area contributed by atoms with Gasteiger partial charge in [-0.1, -0.05) is 12.8 Å². The first-order valence-corrected chi connectivity index (χ1v) is 7.12. The van der Waals surface area contributed by atoms with Crippen molar-refractivity contribution in [3.05, 3.63) is 0 Å². The predicted molar refractivity (Wildman–Crippen MR) is 68.0 cm³/mol. The molecule has 18 heavy (non-hydrogen) atoms. The highest BCUT2D eigenvalue weighted by Gasteiger charge is 2.51. The maximum atomic E-state index is 9.09. The van der Waals surface area contributed by atoms with Crippen molar-refractivity contribution in [2.45, 2.75) is 44.5 Å². The van der Waals surface area contributed by atoms with Gasteiger partial charge in [-0.15, -0.1) is 0 Å². The molecule has 0 radical (unpaired) electrons. The first-order chi connectivity index (χ1) is 8.77. The van der Waals surface area contributed by atoms with Gasteiger partial charge in [0.25, 0.3) is 5.97 Å². The smallest absolute Gasteiger partial charge is 0.285 e. The van der Waals surface area contributed by atoms with E-state index in [1.807, 2.05) is 0 Å². The number of hydrogen-bond donors (Lipinski definition) is 1. The molecule has 1 aliphatic heterocycles. The summed E-state index contributed by atoms with van der Waals surface area (Å²) in [6.07, 6.45) is 6.78. The highest BCUT2D eigenvalue weighted by molar-refractivity contribution is 4.89. The third kappa shape index (κ3) is 2.57. The van der Waals surface area contributed by atoms with Gasteiger partial charge in [-0.05, 0) is 37.5 Å². The molecule has 1 N–H and O–H groups in total. The molecule has 0 spiro atoms. The van der Waals surface area contributed by atoms with Crippen molar-refractivity contribution < 1.29 is 19.3 Å². The lowest BCUT2D eigenvalue weighted by molar-refractivity contribution is -0.418. The van der Waals surface area contributed by atoms with Gasteiger partial charge in [0.15, 0.2) is 0 Å². The normalized spacial score (nSPS) is 35.2. The SMILES string of the molecule is COC1(OC)OC[C@H]2CCCC[C@@H]2[C@H]1CCCO. The zero-order valence-corrected chi connectivity index (χ0v) is 11.6. The minimum absolute atomic E-state index is 0.220. The van der Waals surface area contributed by atoms with E-state index < -0.39 is 5.97 Å². The number of aliphatic hydroxyl groups is 1. The average molecular weight is 258 g/mol. The lowest BCUT2D eigenvalue weighted by Gasteiger charge is -2.50. The topological polar surface area (TPSA) is 47.9 Å². The van der Waals surface area contributed by atoms with E-state index in [9.17, 15) is 0 Å². The van der Waals surface area contributed by atoms with Gasteiger partial charge in [0, 0.05) is 26.7 Å². The fourth-order valence-electron chi connectivity index (χ4n) is 3.77. The van der Waals surface area contributed by atoms with Crippen molar-refractivity contribution in [2.75, 3.05) is 27.4 Å². The molecule has 1 saturated carbocycles. The summed E-state index contributed by atoms with van der Waals surface area (Å²) in [5, 5.41) is 9.09. The maximum absolute atomic E-state index is 9.09. The molecule has 4 nitrogen and oxygen atoms in total. The molecule has 3 atom stereocenters. The second-order valence-corrected chi connectivity index (χ2v) is 5.50. The van der Waals surface area contributed by atoms with Crippen molar-refractivity contribution in [3.63, 3.8) is 0 Å². The van der Waals surface area contributed by atoms with E-state index in [4.69, 9.17) is 19.3 Å². The van der Waals surface area contributed by atoms with Crippen LogP contribution >= 0.6 is 0 Å². The standard InChI is InChI=1S/C14H26O4/c1-16-14(17-2)13(8-5-9-15)12-7-4-3-6-11(12)10-18-14/h11-13,15H,3-10H2,1-2H3/t11-,12+,13-/m1/s1. The van der Waals surface area contributed by atoms with Crippen LogP contribution in [0.3, 0.4) is 0 Å². The van der Waals surface area contributed by atoms with Crippen LogP contribution in [0.1, 0.15) is 38.5 Å². The molecule has 0 amide bonds. The molecule has 106 valence electrons. The summed E-state index contributed by atoms with van der Waals surface area (Å²) < 4.78 is 17.0. The third-order valence-electron chi connectivity index (χ3n) is 4.68. The van der Waals surface area contributed by atoms with Gasteiger partial charge >= 0.3 is 0 Å². The summed E-state index contributed by atoms with van der Waals surface area (Å²) >= 11 is 0. The number of methoxy groups -OCH3 is 2. The summed E-state index contributed by atoms with van der Waals surface area (Å²) in [5.74, 6) is 0.590. The van der Waals surface area contributed by atoms with Crippen molar-refractivity contribution in [3.8, 4) is 0 Å². The minimum atomic E-state index is -0.895. The first-order valence-electron chi connectivity index (χ1n) is 7.12. The molecule has 4 heteroatoms. The molecule has 0 aromatic carbocycles. The Morgan fingerprint density at radius 2 is 1.94 bits per heavy atom. The molecule has 2 rings (SSSR count). The van der Waals surface area contributed by atoms with Gasteiger partial charge in [0.2, 0.25) is 0 Å². The zero-order valence-electron chi connectivity index (χ0n) is 11.6. The number of ether oxygens (including phenoxy) is 3. The Bertz CT molecular complexity index is 252. The Balaban J connectivity index is 2.15. The summed E-state index contributed by atoms with van der Waals surface area (Å²) in [6.45, 7) is 0.958. The minimum Gasteiger partial charge on any atom is -0.396 e. The highest BCUT2D eigenvalue weighted by atomic mass is 16.9. The highest BCUT2D eigenvalue weighted by Crippen LogP contribution is 2.47. The Labute approximate surface area is 110 Å². The number of hydrogen-bond acceptors (Lipinski definition) is 4. The number of rotatable bonds is 5. The van der Waals surface area contributed by atoms with Crippen LogP contribution in [0.25, 0.3) is 0 Å². The Hall–Kier alpha value is -0.160. The van der Waals surface area contributed by atoms with E-state index in [0.29, 0.717) is 11.8 Å². The van der Waals surface area contributed by atoms with Crippen LogP contribution in [0.15, 0.2) is 0 Å². The van der Waals surface area contributed by atoms with Gasteiger partial charge in [-0.3, -0.25) is 0 Å². The molecule has 0 aromatic rings. The molecule has 1 heterocycles. The van der Waals surface area contributed by atoms with Crippen molar-refractivity contribution in [2.24, 2.45) is 17.8 Å². The third-order valence-corrected chi connectivity index (χ3v) is 4.68. The van der Waals surface area contributed by atoms with Crippen LogP contribution in [-0.4, -0.2) is 38.5 Å². The molecule has 0 bridgehead atoms. The molecule has 0 aromatic heterocycles. The van der Waals surface area contributed by atoms with E-state index in [2.05, 4.69) is 0 Å². The van der Waals surface area contributed by atoms with Crippen molar-refractivity contribution in [1.29, 1.82) is 0 Å². The summed E-state index contributed by atoms with van der Waals surface area (Å²) in [5.41, 5.74) is 0. The quantitative estimate of drug-likeness (QED) is 0.768. The van der Waals surface area contributed by atoms with Crippen LogP contribution in [-0.2, 0) is 14.2 Å². The maximum Gasteiger partial charge on any atom is 0.285 e. The second kappa shape index (κ2) is 6.33. The van der Waals surface area contributed by atoms with Crippen molar-refractivity contribution >= 4 is 0 Å². The fourth-order valence-corrected chi connectivity index (χ4v) is 3.77. The molecule has 1 saturated heterocycles. The lowest BCUT2D eigenvalue weighted by Crippen LogP contribution is -2.55.